The molecule has 2 saturated carbocycles. The van der Waals surface area contributed by atoms with E-state index in [9.17, 15) is 14.9 Å². The maximum absolute atomic E-state index is 12.4. The number of amides is 1. The SMILES string of the molecule is O=C(NC(C1CC1)C1CC1)c1cccc([N+](=O)[O-])c1Br. The van der Waals surface area contributed by atoms with Crippen molar-refractivity contribution >= 4 is 27.5 Å². The lowest BCUT2D eigenvalue weighted by atomic mass is 10.1. The molecular formula is C14H15BrN2O3. The summed E-state index contributed by atoms with van der Waals surface area (Å²) in [5, 5.41) is 14.0. The number of nitro groups is 1. The number of hydrogen-bond donors (Lipinski definition) is 1. The average Bonchev–Trinajstić information content (AvgIpc) is 3.28. The van der Waals surface area contributed by atoms with E-state index in [0.29, 0.717) is 17.4 Å². The number of rotatable bonds is 5. The minimum Gasteiger partial charge on any atom is -0.349 e. The summed E-state index contributed by atoms with van der Waals surface area (Å²) in [4.78, 5) is 22.8. The molecule has 0 radical (unpaired) electrons. The summed E-state index contributed by atoms with van der Waals surface area (Å²) in [7, 11) is 0. The van der Waals surface area contributed by atoms with Gasteiger partial charge in [0.05, 0.1) is 10.5 Å². The minimum absolute atomic E-state index is 0.0768. The van der Waals surface area contributed by atoms with E-state index in [4.69, 9.17) is 0 Å². The average molecular weight is 339 g/mol. The van der Waals surface area contributed by atoms with Gasteiger partial charge in [-0.1, -0.05) is 6.07 Å². The monoisotopic (exact) mass is 338 g/mol. The summed E-state index contributed by atoms with van der Waals surface area (Å²) < 4.78 is 0.257. The molecule has 2 aliphatic rings. The fraction of sp³-hybridized carbons (Fsp3) is 0.500. The summed E-state index contributed by atoms with van der Waals surface area (Å²) in [6.07, 6.45) is 4.71. The van der Waals surface area contributed by atoms with E-state index < -0.39 is 4.92 Å². The van der Waals surface area contributed by atoms with Crippen LogP contribution in [0.25, 0.3) is 0 Å². The van der Waals surface area contributed by atoms with Crippen molar-refractivity contribution in [3.05, 3.63) is 38.3 Å². The number of nitro benzene ring substituents is 1. The molecule has 0 aliphatic heterocycles. The Hall–Kier alpha value is -1.43. The third-order valence-corrected chi connectivity index (χ3v) is 4.81. The van der Waals surface area contributed by atoms with Gasteiger partial charge in [0.2, 0.25) is 0 Å². The van der Waals surface area contributed by atoms with Crippen LogP contribution in [0.3, 0.4) is 0 Å². The van der Waals surface area contributed by atoms with Crippen LogP contribution in [0.5, 0.6) is 0 Å². The highest BCUT2D eigenvalue weighted by atomic mass is 79.9. The first-order valence-corrected chi connectivity index (χ1v) is 7.61. The highest BCUT2D eigenvalue weighted by Gasteiger charge is 2.42. The molecule has 6 heteroatoms. The molecule has 0 atom stereocenters. The molecule has 0 aromatic heterocycles. The van der Waals surface area contributed by atoms with Crippen LogP contribution >= 0.6 is 15.9 Å². The van der Waals surface area contributed by atoms with E-state index in [2.05, 4.69) is 21.2 Å². The zero-order valence-electron chi connectivity index (χ0n) is 10.8. The van der Waals surface area contributed by atoms with Gasteiger partial charge in [0, 0.05) is 12.1 Å². The predicted molar refractivity (Wildman–Crippen MR) is 77.5 cm³/mol. The van der Waals surface area contributed by atoms with Crippen molar-refractivity contribution in [2.24, 2.45) is 11.8 Å². The second kappa shape index (κ2) is 5.16. The summed E-state index contributed by atoms with van der Waals surface area (Å²) in [6, 6.07) is 4.79. The Labute approximate surface area is 125 Å². The zero-order chi connectivity index (χ0) is 14.3. The summed E-state index contributed by atoms with van der Waals surface area (Å²) in [5.41, 5.74) is 0.262. The largest absolute Gasteiger partial charge is 0.349 e. The summed E-state index contributed by atoms with van der Waals surface area (Å²) in [5.74, 6) is 0.984. The van der Waals surface area contributed by atoms with Crippen LogP contribution in [0.4, 0.5) is 5.69 Å². The standard InChI is InChI=1S/C14H15BrN2O3/c15-12-10(2-1-3-11(12)17(19)20)14(18)16-13(8-4-5-8)9-6-7-9/h1-3,8-9,13H,4-7H2,(H,16,18). The van der Waals surface area contributed by atoms with Crippen molar-refractivity contribution in [1.29, 1.82) is 0 Å². The Bertz CT molecular complexity index is 556. The minimum atomic E-state index is -0.486. The Balaban J connectivity index is 1.79. The van der Waals surface area contributed by atoms with Crippen molar-refractivity contribution in [1.82, 2.24) is 5.32 Å². The molecule has 0 spiro atoms. The van der Waals surface area contributed by atoms with Crippen molar-refractivity contribution < 1.29 is 9.72 Å². The van der Waals surface area contributed by atoms with Crippen LogP contribution in [-0.2, 0) is 0 Å². The number of hydrogen-bond acceptors (Lipinski definition) is 3. The Morgan fingerprint density at radius 2 is 1.90 bits per heavy atom. The molecule has 1 aromatic carbocycles. The normalized spacial score (nSPS) is 18.1. The van der Waals surface area contributed by atoms with Gasteiger partial charge in [0.1, 0.15) is 4.47 Å². The maximum atomic E-state index is 12.4. The first kappa shape index (κ1) is 13.5. The smallest absolute Gasteiger partial charge is 0.284 e. The van der Waals surface area contributed by atoms with Gasteiger partial charge >= 0.3 is 0 Å². The summed E-state index contributed by atoms with van der Waals surface area (Å²) in [6.45, 7) is 0. The molecule has 20 heavy (non-hydrogen) atoms. The fourth-order valence-corrected chi connectivity index (χ4v) is 3.19. The molecule has 1 amide bonds. The number of carbonyl (C=O) groups excluding carboxylic acids is 1. The van der Waals surface area contributed by atoms with Gasteiger partial charge in [-0.3, -0.25) is 14.9 Å². The molecule has 2 fully saturated rings. The number of carbonyl (C=O) groups is 1. The first-order valence-electron chi connectivity index (χ1n) is 6.81. The number of halogens is 1. The second-order valence-corrected chi connectivity index (χ2v) is 6.36. The van der Waals surface area contributed by atoms with Gasteiger partial charge in [-0.25, -0.2) is 0 Å². The molecule has 0 bridgehead atoms. The second-order valence-electron chi connectivity index (χ2n) is 5.57. The highest BCUT2D eigenvalue weighted by Crippen LogP contribution is 2.44. The van der Waals surface area contributed by atoms with Gasteiger partial charge in [0.15, 0.2) is 0 Å². The van der Waals surface area contributed by atoms with Gasteiger partial charge in [-0.05, 0) is 59.5 Å². The van der Waals surface area contributed by atoms with Gasteiger partial charge in [0.25, 0.3) is 11.6 Å². The Morgan fingerprint density at radius 1 is 1.30 bits per heavy atom. The lowest BCUT2D eigenvalue weighted by Gasteiger charge is -2.18. The van der Waals surface area contributed by atoms with Crippen LogP contribution in [0, 0.1) is 22.0 Å². The Kier molecular flexibility index (Phi) is 3.50. The third-order valence-electron chi connectivity index (χ3n) is 3.98. The lowest BCUT2D eigenvalue weighted by molar-refractivity contribution is -0.385. The number of nitrogens with zero attached hydrogens (tertiary/aromatic N) is 1. The van der Waals surface area contributed by atoms with E-state index in [1.807, 2.05) is 0 Å². The van der Waals surface area contributed by atoms with Crippen LogP contribution in [-0.4, -0.2) is 16.9 Å². The van der Waals surface area contributed by atoms with Crippen LogP contribution < -0.4 is 5.32 Å². The van der Waals surface area contributed by atoms with Crippen LogP contribution in [0.1, 0.15) is 36.0 Å². The van der Waals surface area contributed by atoms with Gasteiger partial charge in [-0.15, -0.1) is 0 Å². The molecule has 3 rings (SSSR count). The van der Waals surface area contributed by atoms with Crippen LogP contribution in [0.15, 0.2) is 22.7 Å². The molecule has 5 nitrogen and oxygen atoms in total. The van der Waals surface area contributed by atoms with Crippen LogP contribution in [0.2, 0.25) is 0 Å². The topological polar surface area (TPSA) is 72.2 Å². The molecule has 1 aromatic rings. The van der Waals surface area contributed by atoms with Crippen molar-refractivity contribution in [3.8, 4) is 0 Å². The molecule has 1 N–H and O–H groups in total. The Morgan fingerprint density at radius 3 is 2.40 bits per heavy atom. The molecular weight excluding hydrogens is 324 g/mol. The van der Waals surface area contributed by atoms with E-state index >= 15 is 0 Å². The van der Waals surface area contributed by atoms with E-state index in [1.54, 1.807) is 12.1 Å². The number of benzene rings is 1. The predicted octanol–water partition coefficient (Wildman–Crippen LogP) is 3.28. The fourth-order valence-electron chi connectivity index (χ4n) is 2.60. The van der Waals surface area contributed by atoms with Crippen molar-refractivity contribution in [2.45, 2.75) is 31.7 Å². The molecule has 106 valence electrons. The molecule has 2 aliphatic carbocycles. The van der Waals surface area contributed by atoms with E-state index in [1.165, 1.54) is 31.7 Å². The van der Waals surface area contributed by atoms with Gasteiger partial charge < -0.3 is 5.32 Å². The first-order chi connectivity index (χ1) is 9.58. The summed E-state index contributed by atoms with van der Waals surface area (Å²) >= 11 is 3.18. The van der Waals surface area contributed by atoms with E-state index in [-0.39, 0.29) is 22.1 Å². The van der Waals surface area contributed by atoms with Crippen molar-refractivity contribution in [2.75, 3.05) is 0 Å². The highest BCUT2D eigenvalue weighted by molar-refractivity contribution is 9.10. The van der Waals surface area contributed by atoms with Gasteiger partial charge in [-0.2, -0.15) is 0 Å². The number of nitrogens with one attached hydrogen (secondary N) is 1. The van der Waals surface area contributed by atoms with E-state index in [0.717, 1.165) is 0 Å². The maximum Gasteiger partial charge on any atom is 0.284 e. The quantitative estimate of drug-likeness (QED) is 0.661. The lowest BCUT2D eigenvalue weighted by Crippen LogP contribution is -2.38. The molecule has 0 unspecified atom stereocenters. The molecule has 0 heterocycles. The van der Waals surface area contributed by atoms with Crippen molar-refractivity contribution in [3.63, 3.8) is 0 Å². The third kappa shape index (κ3) is 2.70. The molecule has 0 saturated heterocycles. The zero-order valence-corrected chi connectivity index (χ0v) is 12.4.